The van der Waals surface area contributed by atoms with Crippen LogP contribution < -0.4 is 10.2 Å². The van der Waals surface area contributed by atoms with Gasteiger partial charge in [0, 0.05) is 47.6 Å². The number of hydrogen-bond donors (Lipinski definition) is 1. The number of anilines is 2. The van der Waals surface area contributed by atoms with Crippen molar-refractivity contribution in [2.24, 2.45) is 0 Å². The molecule has 3 aromatic rings. The predicted octanol–water partition coefficient (Wildman–Crippen LogP) is 3.84. The van der Waals surface area contributed by atoms with Crippen LogP contribution in [-0.2, 0) is 17.6 Å². The largest absolute Gasteiger partial charge is 0.321 e. The summed E-state index contributed by atoms with van der Waals surface area (Å²) in [6, 6.07) is 15.2. The van der Waals surface area contributed by atoms with Gasteiger partial charge >= 0.3 is 0 Å². The summed E-state index contributed by atoms with van der Waals surface area (Å²) in [7, 11) is 0. The number of nitrogens with one attached hydrogen (secondary N) is 1. The molecule has 2 aliphatic rings. The van der Waals surface area contributed by atoms with E-state index in [2.05, 4.69) is 16.4 Å². The zero-order valence-corrected chi connectivity index (χ0v) is 15.3. The Morgan fingerprint density at radius 2 is 1.89 bits per heavy atom. The first-order chi connectivity index (χ1) is 13.7. The van der Waals surface area contributed by atoms with Gasteiger partial charge < -0.3 is 10.2 Å². The van der Waals surface area contributed by atoms with Crippen LogP contribution in [0.2, 0.25) is 0 Å². The summed E-state index contributed by atoms with van der Waals surface area (Å²) in [6.07, 6.45) is 5.50. The van der Waals surface area contributed by atoms with E-state index in [0.29, 0.717) is 24.9 Å². The number of carbonyl (C=O) groups is 2. The van der Waals surface area contributed by atoms with E-state index in [4.69, 9.17) is 0 Å². The second-order valence-electron chi connectivity index (χ2n) is 7.14. The maximum Gasteiger partial charge on any atom is 0.255 e. The number of amides is 2. The number of benzene rings is 2. The van der Waals surface area contributed by atoms with Gasteiger partial charge in [0.25, 0.3) is 5.91 Å². The zero-order valence-electron chi connectivity index (χ0n) is 15.3. The SMILES string of the molecule is O=C(Nc1c(-c2cccnc2)cc2c3c1CCC(=O)N3CC2)c1ccccc1. The van der Waals surface area contributed by atoms with E-state index in [1.165, 1.54) is 5.56 Å². The van der Waals surface area contributed by atoms with E-state index in [9.17, 15) is 9.59 Å². The molecule has 1 aromatic heterocycles. The van der Waals surface area contributed by atoms with E-state index in [1.807, 2.05) is 41.4 Å². The van der Waals surface area contributed by atoms with E-state index in [1.54, 1.807) is 18.3 Å². The Kier molecular flexibility index (Phi) is 3.93. The standard InChI is InChI=1S/C23H19N3O2/c27-20-9-8-18-21(25-23(28)15-5-2-1-3-6-15)19(17-7-4-11-24-14-17)13-16-10-12-26(20)22(16)18/h1-7,11,13-14H,8-10,12H2,(H,25,28). The van der Waals surface area contributed by atoms with Crippen molar-refractivity contribution in [2.45, 2.75) is 19.3 Å². The topological polar surface area (TPSA) is 62.3 Å². The van der Waals surface area contributed by atoms with Crippen molar-refractivity contribution < 1.29 is 9.59 Å². The number of hydrogen-bond acceptors (Lipinski definition) is 3. The molecule has 0 spiro atoms. The first kappa shape index (κ1) is 16.7. The summed E-state index contributed by atoms with van der Waals surface area (Å²) in [5.74, 6) is 0.0177. The van der Waals surface area contributed by atoms with Crippen molar-refractivity contribution in [2.75, 3.05) is 16.8 Å². The van der Waals surface area contributed by atoms with Crippen LogP contribution in [0.3, 0.4) is 0 Å². The highest BCUT2D eigenvalue weighted by Gasteiger charge is 2.34. The molecule has 3 heterocycles. The summed E-state index contributed by atoms with van der Waals surface area (Å²) in [6.45, 7) is 0.712. The van der Waals surface area contributed by atoms with Gasteiger partial charge in [-0.1, -0.05) is 24.3 Å². The minimum Gasteiger partial charge on any atom is -0.321 e. The van der Waals surface area contributed by atoms with Gasteiger partial charge in [-0.25, -0.2) is 0 Å². The van der Waals surface area contributed by atoms with Gasteiger partial charge in [-0.15, -0.1) is 0 Å². The van der Waals surface area contributed by atoms with E-state index >= 15 is 0 Å². The maximum atomic E-state index is 12.9. The molecule has 1 N–H and O–H groups in total. The lowest BCUT2D eigenvalue weighted by atomic mass is 9.91. The van der Waals surface area contributed by atoms with Crippen LogP contribution in [0, 0.1) is 0 Å². The highest BCUT2D eigenvalue weighted by Crippen LogP contribution is 2.45. The van der Waals surface area contributed by atoms with Gasteiger partial charge in [-0.05, 0) is 42.7 Å². The Hall–Kier alpha value is -3.47. The fraction of sp³-hybridized carbons (Fsp3) is 0.174. The predicted molar refractivity (Wildman–Crippen MR) is 108 cm³/mol. The number of pyridine rings is 1. The lowest BCUT2D eigenvalue weighted by Crippen LogP contribution is -2.33. The smallest absolute Gasteiger partial charge is 0.255 e. The third-order valence-corrected chi connectivity index (χ3v) is 5.49. The minimum absolute atomic E-state index is 0.150. The van der Waals surface area contributed by atoms with Crippen LogP contribution in [0.25, 0.3) is 11.1 Å². The van der Waals surface area contributed by atoms with Gasteiger partial charge in [0.1, 0.15) is 0 Å². The fourth-order valence-corrected chi connectivity index (χ4v) is 4.19. The molecule has 138 valence electrons. The van der Waals surface area contributed by atoms with Gasteiger partial charge in [0.05, 0.1) is 11.4 Å². The Morgan fingerprint density at radius 3 is 2.68 bits per heavy atom. The summed E-state index contributed by atoms with van der Waals surface area (Å²) in [5, 5.41) is 3.14. The molecule has 0 aliphatic carbocycles. The number of aromatic nitrogens is 1. The Labute approximate surface area is 163 Å². The van der Waals surface area contributed by atoms with Gasteiger partial charge in [0.15, 0.2) is 0 Å². The molecule has 28 heavy (non-hydrogen) atoms. The Balaban J connectivity index is 1.68. The third kappa shape index (κ3) is 2.67. The fourth-order valence-electron chi connectivity index (χ4n) is 4.19. The average molecular weight is 369 g/mol. The number of nitrogens with zero attached hydrogens (tertiary/aromatic N) is 2. The van der Waals surface area contributed by atoms with E-state index in [0.717, 1.165) is 34.5 Å². The Morgan fingerprint density at radius 1 is 1.04 bits per heavy atom. The molecule has 0 saturated heterocycles. The highest BCUT2D eigenvalue weighted by atomic mass is 16.2. The molecule has 5 heteroatoms. The van der Waals surface area contributed by atoms with Crippen LogP contribution in [-0.4, -0.2) is 23.3 Å². The van der Waals surface area contributed by atoms with Gasteiger partial charge in [0.2, 0.25) is 5.91 Å². The highest BCUT2D eigenvalue weighted by molar-refractivity contribution is 6.09. The quantitative estimate of drug-likeness (QED) is 0.763. The van der Waals surface area contributed by atoms with Crippen LogP contribution in [0.1, 0.15) is 27.9 Å². The monoisotopic (exact) mass is 369 g/mol. The second-order valence-corrected chi connectivity index (χ2v) is 7.14. The normalized spacial score (nSPS) is 14.7. The number of carbonyl (C=O) groups excluding carboxylic acids is 2. The molecule has 0 unspecified atom stereocenters. The zero-order chi connectivity index (χ0) is 19.1. The first-order valence-electron chi connectivity index (χ1n) is 9.48. The van der Waals surface area contributed by atoms with E-state index in [-0.39, 0.29) is 11.8 Å². The van der Waals surface area contributed by atoms with Crippen LogP contribution in [0.4, 0.5) is 11.4 Å². The molecular weight excluding hydrogens is 350 g/mol. The molecule has 0 bridgehead atoms. The summed E-state index contributed by atoms with van der Waals surface area (Å²) in [5.41, 5.74) is 6.53. The molecule has 2 amide bonds. The maximum absolute atomic E-state index is 12.9. The van der Waals surface area contributed by atoms with Crippen molar-refractivity contribution in [3.63, 3.8) is 0 Å². The molecule has 5 rings (SSSR count). The van der Waals surface area contributed by atoms with Crippen molar-refractivity contribution in [3.8, 4) is 11.1 Å². The van der Waals surface area contributed by atoms with Crippen LogP contribution in [0.15, 0.2) is 60.9 Å². The molecule has 5 nitrogen and oxygen atoms in total. The third-order valence-electron chi connectivity index (χ3n) is 5.49. The lowest BCUT2D eigenvalue weighted by Gasteiger charge is -2.28. The first-order valence-corrected chi connectivity index (χ1v) is 9.48. The molecule has 0 fully saturated rings. The summed E-state index contributed by atoms with van der Waals surface area (Å²) in [4.78, 5) is 31.4. The molecule has 2 aliphatic heterocycles. The van der Waals surface area contributed by atoms with Crippen LogP contribution >= 0.6 is 0 Å². The van der Waals surface area contributed by atoms with Gasteiger partial charge in [-0.2, -0.15) is 0 Å². The minimum atomic E-state index is -0.150. The van der Waals surface area contributed by atoms with E-state index < -0.39 is 0 Å². The lowest BCUT2D eigenvalue weighted by molar-refractivity contribution is -0.118. The van der Waals surface area contributed by atoms with Gasteiger partial charge in [-0.3, -0.25) is 14.6 Å². The molecular formula is C23H19N3O2. The average Bonchev–Trinajstić information content (AvgIpc) is 3.18. The van der Waals surface area contributed by atoms with Crippen LogP contribution in [0.5, 0.6) is 0 Å². The molecule has 0 atom stereocenters. The van der Waals surface area contributed by atoms with Crippen molar-refractivity contribution >= 4 is 23.2 Å². The number of rotatable bonds is 3. The second kappa shape index (κ2) is 6.60. The molecule has 0 saturated carbocycles. The van der Waals surface area contributed by atoms with Crippen molar-refractivity contribution in [1.82, 2.24) is 4.98 Å². The Bertz CT molecular complexity index is 1080. The molecule has 0 radical (unpaired) electrons. The van der Waals surface area contributed by atoms with Crippen molar-refractivity contribution in [1.29, 1.82) is 0 Å². The molecule has 2 aromatic carbocycles. The summed E-state index contributed by atoms with van der Waals surface area (Å²) >= 11 is 0. The summed E-state index contributed by atoms with van der Waals surface area (Å²) < 4.78 is 0. The van der Waals surface area contributed by atoms with Crippen molar-refractivity contribution in [3.05, 3.63) is 77.6 Å².